The van der Waals surface area contributed by atoms with Crippen molar-refractivity contribution in [2.24, 2.45) is 0 Å². The highest BCUT2D eigenvalue weighted by Crippen LogP contribution is 2.29. The largest absolute Gasteiger partial charge is 0.334 e. The van der Waals surface area contributed by atoms with Crippen LogP contribution in [0.2, 0.25) is 0 Å². The first-order valence-electron chi connectivity index (χ1n) is 9.89. The number of carbonyl (C=O) groups excluding carboxylic acids is 1. The van der Waals surface area contributed by atoms with Crippen molar-refractivity contribution in [1.29, 1.82) is 0 Å². The van der Waals surface area contributed by atoms with E-state index in [-0.39, 0.29) is 16.1 Å². The van der Waals surface area contributed by atoms with Crippen LogP contribution in [-0.4, -0.2) is 19.4 Å². The predicted octanol–water partition coefficient (Wildman–Crippen LogP) is 5.04. The molecule has 1 aromatic heterocycles. The minimum Gasteiger partial charge on any atom is -0.334 e. The van der Waals surface area contributed by atoms with Gasteiger partial charge in [0.2, 0.25) is 0 Å². The van der Waals surface area contributed by atoms with E-state index in [4.69, 9.17) is 0 Å². The minimum absolute atomic E-state index is 0.176. The molecule has 2 amide bonds. The van der Waals surface area contributed by atoms with Crippen molar-refractivity contribution in [3.63, 3.8) is 0 Å². The lowest BCUT2D eigenvalue weighted by Gasteiger charge is -2.08. The number of sulfonamides is 1. The maximum absolute atomic E-state index is 12.6. The van der Waals surface area contributed by atoms with E-state index in [9.17, 15) is 13.2 Å². The Balaban J connectivity index is 1.42. The zero-order valence-corrected chi connectivity index (χ0v) is 19.2. The molecule has 32 heavy (non-hydrogen) atoms. The number of anilines is 2. The molecule has 9 heteroatoms. The van der Waals surface area contributed by atoms with Gasteiger partial charge in [0.1, 0.15) is 0 Å². The first-order valence-corrected chi connectivity index (χ1v) is 12.2. The number of nitrogens with zero attached hydrogens (tertiary/aromatic N) is 1. The van der Waals surface area contributed by atoms with E-state index < -0.39 is 10.0 Å². The summed E-state index contributed by atoms with van der Waals surface area (Å²) in [5.74, 6) is 0. The summed E-state index contributed by atoms with van der Waals surface area (Å²) >= 11 is 1.23. The summed E-state index contributed by atoms with van der Waals surface area (Å²) in [4.78, 5) is 16.8. The predicted molar refractivity (Wildman–Crippen MR) is 129 cm³/mol. The van der Waals surface area contributed by atoms with Crippen LogP contribution in [0.15, 0.2) is 71.6 Å². The van der Waals surface area contributed by atoms with E-state index >= 15 is 0 Å². The molecule has 0 saturated heterocycles. The lowest BCUT2D eigenvalue weighted by molar-refractivity contribution is 0.251. The van der Waals surface area contributed by atoms with Crippen LogP contribution in [0, 0.1) is 13.8 Å². The normalized spacial score (nSPS) is 11.3. The number of thiazole rings is 1. The summed E-state index contributed by atoms with van der Waals surface area (Å²) in [6, 6.07) is 19.5. The van der Waals surface area contributed by atoms with Crippen LogP contribution in [0.3, 0.4) is 0 Å². The van der Waals surface area contributed by atoms with Gasteiger partial charge in [0.05, 0.1) is 15.1 Å². The van der Waals surface area contributed by atoms with Gasteiger partial charge < -0.3 is 10.6 Å². The van der Waals surface area contributed by atoms with Crippen LogP contribution in [0.25, 0.3) is 10.2 Å². The SMILES string of the molecule is Cc1ccc(CNC(=O)Nc2ccc3sc(NS(=O)(=O)c4ccc(C)cc4)nc3c2)cc1. The van der Waals surface area contributed by atoms with Crippen LogP contribution in [0.5, 0.6) is 0 Å². The molecule has 0 radical (unpaired) electrons. The summed E-state index contributed by atoms with van der Waals surface area (Å²) < 4.78 is 28.5. The van der Waals surface area contributed by atoms with Gasteiger partial charge >= 0.3 is 6.03 Å². The maximum Gasteiger partial charge on any atom is 0.319 e. The van der Waals surface area contributed by atoms with Gasteiger partial charge in [0, 0.05) is 12.2 Å². The van der Waals surface area contributed by atoms with Gasteiger partial charge in [-0.05, 0) is 49.7 Å². The van der Waals surface area contributed by atoms with Crippen LogP contribution in [0.4, 0.5) is 15.6 Å². The molecule has 7 nitrogen and oxygen atoms in total. The smallest absolute Gasteiger partial charge is 0.319 e. The molecule has 0 aliphatic carbocycles. The lowest BCUT2D eigenvalue weighted by Crippen LogP contribution is -2.28. The van der Waals surface area contributed by atoms with Crippen molar-refractivity contribution in [3.8, 4) is 0 Å². The van der Waals surface area contributed by atoms with Crippen molar-refractivity contribution in [2.75, 3.05) is 10.0 Å². The first kappa shape index (κ1) is 21.8. The standard InChI is InChI=1S/C23H22N4O3S2/c1-15-3-7-17(8-4-15)14-24-22(28)25-18-9-12-21-20(13-18)26-23(31-21)27-32(29,30)19-10-5-16(2)6-11-19/h3-13H,14H2,1-2H3,(H,26,27)(H2,24,25,28). The van der Waals surface area contributed by atoms with E-state index in [1.54, 1.807) is 42.5 Å². The number of benzene rings is 3. The molecule has 0 spiro atoms. The molecule has 0 unspecified atom stereocenters. The van der Waals surface area contributed by atoms with Gasteiger partial charge in [-0.1, -0.05) is 58.9 Å². The molecule has 3 N–H and O–H groups in total. The fraction of sp³-hybridized carbons (Fsp3) is 0.130. The summed E-state index contributed by atoms with van der Waals surface area (Å²) in [5.41, 5.74) is 4.30. The second-order valence-corrected chi connectivity index (χ2v) is 10.1. The highest BCUT2D eigenvalue weighted by atomic mass is 32.2. The summed E-state index contributed by atoms with van der Waals surface area (Å²) in [6.45, 7) is 4.32. The molecule has 0 atom stereocenters. The first-order chi connectivity index (χ1) is 15.3. The fourth-order valence-corrected chi connectivity index (χ4v) is 5.08. The molecular formula is C23H22N4O3S2. The minimum atomic E-state index is -3.73. The number of carbonyl (C=O) groups is 1. The highest BCUT2D eigenvalue weighted by Gasteiger charge is 2.16. The van der Waals surface area contributed by atoms with Gasteiger partial charge in [-0.2, -0.15) is 0 Å². The van der Waals surface area contributed by atoms with Gasteiger partial charge in [-0.25, -0.2) is 18.2 Å². The third-order valence-electron chi connectivity index (χ3n) is 4.77. The van der Waals surface area contributed by atoms with Gasteiger partial charge in [0.25, 0.3) is 10.0 Å². The average molecular weight is 467 g/mol. The second kappa shape index (κ2) is 8.97. The fourth-order valence-electron chi connectivity index (χ4n) is 3.00. The van der Waals surface area contributed by atoms with E-state index in [0.29, 0.717) is 17.7 Å². The zero-order chi connectivity index (χ0) is 22.7. The Hall–Kier alpha value is -3.43. The third kappa shape index (κ3) is 5.24. The van der Waals surface area contributed by atoms with Crippen molar-refractivity contribution >= 4 is 48.4 Å². The summed E-state index contributed by atoms with van der Waals surface area (Å²) in [7, 11) is -3.73. The lowest BCUT2D eigenvalue weighted by atomic mass is 10.1. The number of aryl methyl sites for hydroxylation is 2. The molecular weight excluding hydrogens is 444 g/mol. The second-order valence-electron chi connectivity index (χ2n) is 7.41. The summed E-state index contributed by atoms with van der Waals surface area (Å²) in [5, 5.41) is 5.86. The Kier molecular flexibility index (Phi) is 6.11. The van der Waals surface area contributed by atoms with Crippen LogP contribution in [0.1, 0.15) is 16.7 Å². The molecule has 4 aromatic rings. The number of hydrogen-bond acceptors (Lipinski definition) is 5. The van der Waals surface area contributed by atoms with E-state index in [2.05, 4.69) is 20.3 Å². The molecule has 0 saturated carbocycles. The molecule has 4 rings (SSSR count). The van der Waals surface area contributed by atoms with Crippen molar-refractivity contribution < 1.29 is 13.2 Å². The number of nitrogens with one attached hydrogen (secondary N) is 3. The molecule has 0 aliphatic heterocycles. The molecule has 164 valence electrons. The maximum atomic E-state index is 12.6. The zero-order valence-electron chi connectivity index (χ0n) is 17.5. The van der Waals surface area contributed by atoms with Gasteiger partial charge in [0.15, 0.2) is 5.13 Å². The van der Waals surface area contributed by atoms with Crippen LogP contribution >= 0.6 is 11.3 Å². The molecule has 0 fully saturated rings. The van der Waals surface area contributed by atoms with E-state index in [1.807, 2.05) is 38.1 Å². The summed E-state index contributed by atoms with van der Waals surface area (Å²) in [6.07, 6.45) is 0. The number of fused-ring (bicyclic) bond motifs is 1. The Morgan fingerprint density at radius 2 is 1.59 bits per heavy atom. The number of amides is 2. The van der Waals surface area contributed by atoms with Crippen molar-refractivity contribution in [1.82, 2.24) is 10.3 Å². The number of rotatable bonds is 6. The number of urea groups is 1. The third-order valence-corrected chi connectivity index (χ3v) is 7.21. The molecule has 0 aliphatic rings. The molecule has 1 heterocycles. The molecule has 3 aromatic carbocycles. The van der Waals surface area contributed by atoms with Crippen LogP contribution in [-0.2, 0) is 16.6 Å². The average Bonchev–Trinajstić information content (AvgIpc) is 3.14. The quantitative estimate of drug-likeness (QED) is 0.371. The van der Waals surface area contributed by atoms with Gasteiger partial charge in [-0.15, -0.1) is 0 Å². The Bertz CT molecular complexity index is 1360. The monoisotopic (exact) mass is 466 g/mol. The van der Waals surface area contributed by atoms with E-state index in [1.165, 1.54) is 11.3 Å². The number of aromatic nitrogens is 1. The Morgan fingerprint density at radius 3 is 2.28 bits per heavy atom. The highest BCUT2D eigenvalue weighted by molar-refractivity contribution is 7.93. The van der Waals surface area contributed by atoms with Crippen molar-refractivity contribution in [2.45, 2.75) is 25.3 Å². The Labute approximate surface area is 190 Å². The topological polar surface area (TPSA) is 100 Å². The van der Waals surface area contributed by atoms with Gasteiger partial charge in [-0.3, -0.25) is 4.72 Å². The Morgan fingerprint density at radius 1 is 0.938 bits per heavy atom. The molecule has 0 bridgehead atoms. The number of hydrogen-bond donors (Lipinski definition) is 3. The van der Waals surface area contributed by atoms with E-state index in [0.717, 1.165) is 21.4 Å². The van der Waals surface area contributed by atoms with Crippen LogP contribution < -0.4 is 15.4 Å². The van der Waals surface area contributed by atoms with Crippen molar-refractivity contribution in [3.05, 3.63) is 83.4 Å².